The van der Waals surface area contributed by atoms with Crippen LogP contribution in [-0.4, -0.2) is 41.6 Å². The standard InChI is InChI=1S/C12H23N3O4/c1-7(2)14-10(16)5-6-13-12(19)15-9(4)8(3)11(17)18/h7-9H,5-6H2,1-4H3,(H,14,16)(H,17,18)(H2,13,15,19). The van der Waals surface area contributed by atoms with Gasteiger partial charge in [0.1, 0.15) is 0 Å². The molecule has 0 aliphatic carbocycles. The fraction of sp³-hybridized carbons (Fsp3) is 0.750. The summed E-state index contributed by atoms with van der Waals surface area (Å²) in [6, 6.07) is -0.891. The zero-order valence-electron chi connectivity index (χ0n) is 11.8. The maximum absolute atomic E-state index is 11.4. The second-order valence-corrected chi connectivity index (χ2v) is 4.79. The molecule has 0 heterocycles. The zero-order valence-corrected chi connectivity index (χ0v) is 11.8. The highest BCUT2D eigenvalue weighted by Gasteiger charge is 2.20. The summed E-state index contributed by atoms with van der Waals surface area (Å²) < 4.78 is 0. The van der Waals surface area contributed by atoms with Crippen LogP contribution in [-0.2, 0) is 9.59 Å². The van der Waals surface area contributed by atoms with Gasteiger partial charge in [-0.05, 0) is 27.7 Å². The van der Waals surface area contributed by atoms with Crippen molar-refractivity contribution < 1.29 is 19.5 Å². The number of carbonyl (C=O) groups excluding carboxylic acids is 2. The van der Waals surface area contributed by atoms with E-state index in [0.29, 0.717) is 0 Å². The molecule has 19 heavy (non-hydrogen) atoms. The van der Waals surface area contributed by atoms with Gasteiger partial charge in [0.15, 0.2) is 0 Å². The Labute approximate surface area is 113 Å². The first kappa shape index (κ1) is 17.2. The Hall–Kier alpha value is -1.79. The third kappa shape index (κ3) is 8.01. The number of aliphatic carboxylic acids is 1. The van der Waals surface area contributed by atoms with E-state index in [-0.39, 0.29) is 24.9 Å². The normalized spacial score (nSPS) is 13.5. The number of hydrogen-bond donors (Lipinski definition) is 4. The number of carboxylic acids is 1. The van der Waals surface area contributed by atoms with Crippen LogP contribution in [0, 0.1) is 5.92 Å². The summed E-state index contributed by atoms with van der Waals surface area (Å²) in [5, 5.41) is 16.5. The van der Waals surface area contributed by atoms with Crippen LogP contribution in [0.5, 0.6) is 0 Å². The number of hydrogen-bond acceptors (Lipinski definition) is 3. The van der Waals surface area contributed by atoms with Crippen molar-refractivity contribution in [2.45, 2.75) is 46.2 Å². The maximum Gasteiger partial charge on any atom is 0.315 e. The van der Waals surface area contributed by atoms with E-state index in [1.165, 1.54) is 6.92 Å². The molecular formula is C12H23N3O4. The Morgan fingerprint density at radius 3 is 2.11 bits per heavy atom. The molecule has 0 rings (SSSR count). The van der Waals surface area contributed by atoms with E-state index in [0.717, 1.165) is 0 Å². The zero-order chi connectivity index (χ0) is 15.0. The van der Waals surface area contributed by atoms with Gasteiger partial charge in [0.05, 0.1) is 5.92 Å². The Bertz CT molecular complexity index is 331. The van der Waals surface area contributed by atoms with Gasteiger partial charge in [-0.1, -0.05) is 0 Å². The van der Waals surface area contributed by atoms with Gasteiger partial charge in [-0.25, -0.2) is 4.79 Å². The summed E-state index contributed by atoms with van der Waals surface area (Å²) in [6.45, 7) is 7.05. The Kier molecular flexibility index (Phi) is 7.55. The molecule has 0 aromatic carbocycles. The van der Waals surface area contributed by atoms with Gasteiger partial charge in [0.25, 0.3) is 0 Å². The average molecular weight is 273 g/mol. The SMILES string of the molecule is CC(C)NC(=O)CCNC(=O)NC(C)C(C)C(=O)O. The summed E-state index contributed by atoms with van der Waals surface area (Å²) in [5.41, 5.74) is 0. The molecule has 2 unspecified atom stereocenters. The van der Waals surface area contributed by atoms with E-state index in [1.807, 2.05) is 13.8 Å². The molecule has 7 nitrogen and oxygen atoms in total. The second-order valence-electron chi connectivity index (χ2n) is 4.79. The lowest BCUT2D eigenvalue weighted by Crippen LogP contribution is -2.46. The first-order valence-electron chi connectivity index (χ1n) is 6.30. The largest absolute Gasteiger partial charge is 0.481 e. The van der Waals surface area contributed by atoms with Crippen molar-refractivity contribution in [1.82, 2.24) is 16.0 Å². The molecule has 0 bridgehead atoms. The highest BCUT2D eigenvalue weighted by atomic mass is 16.4. The van der Waals surface area contributed by atoms with E-state index < -0.39 is 24.0 Å². The van der Waals surface area contributed by atoms with Crippen LogP contribution in [0.25, 0.3) is 0 Å². The maximum atomic E-state index is 11.4. The number of carbonyl (C=O) groups is 3. The number of carboxylic acid groups (broad SMARTS) is 1. The van der Waals surface area contributed by atoms with Gasteiger partial charge < -0.3 is 21.1 Å². The van der Waals surface area contributed by atoms with E-state index in [4.69, 9.17) is 5.11 Å². The van der Waals surface area contributed by atoms with Crippen molar-refractivity contribution >= 4 is 17.9 Å². The second kappa shape index (κ2) is 8.34. The van der Waals surface area contributed by atoms with Crippen LogP contribution in [0.15, 0.2) is 0 Å². The van der Waals surface area contributed by atoms with Crippen molar-refractivity contribution in [3.63, 3.8) is 0 Å². The molecule has 4 N–H and O–H groups in total. The Morgan fingerprint density at radius 1 is 1.05 bits per heavy atom. The van der Waals surface area contributed by atoms with Crippen LogP contribution >= 0.6 is 0 Å². The summed E-state index contributed by atoms with van der Waals surface area (Å²) in [5.74, 6) is -1.78. The predicted octanol–water partition coefficient (Wildman–Crippen LogP) is 0.310. The molecule has 0 aliphatic heterocycles. The van der Waals surface area contributed by atoms with Crippen LogP contribution in [0.4, 0.5) is 4.79 Å². The summed E-state index contributed by atoms with van der Waals surface area (Å²) in [6.07, 6.45) is 0.189. The van der Waals surface area contributed by atoms with Crippen molar-refractivity contribution in [3.8, 4) is 0 Å². The van der Waals surface area contributed by atoms with Crippen LogP contribution in [0.1, 0.15) is 34.1 Å². The number of urea groups is 1. The topological polar surface area (TPSA) is 108 Å². The van der Waals surface area contributed by atoms with Crippen LogP contribution in [0.3, 0.4) is 0 Å². The Balaban J connectivity index is 3.88. The molecule has 0 aromatic rings. The van der Waals surface area contributed by atoms with Gasteiger partial charge in [-0.15, -0.1) is 0 Å². The van der Waals surface area contributed by atoms with Crippen molar-refractivity contribution in [2.24, 2.45) is 5.92 Å². The molecule has 0 aliphatic rings. The predicted molar refractivity (Wildman–Crippen MR) is 70.7 cm³/mol. The molecule has 0 saturated heterocycles. The third-order valence-electron chi connectivity index (χ3n) is 2.59. The van der Waals surface area contributed by atoms with Crippen molar-refractivity contribution in [1.29, 1.82) is 0 Å². The van der Waals surface area contributed by atoms with Gasteiger partial charge in [0.2, 0.25) is 5.91 Å². The van der Waals surface area contributed by atoms with Crippen molar-refractivity contribution in [3.05, 3.63) is 0 Å². The number of amides is 3. The summed E-state index contributed by atoms with van der Waals surface area (Å²) in [4.78, 5) is 33.4. The fourth-order valence-electron chi connectivity index (χ4n) is 1.28. The van der Waals surface area contributed by atoms with Crippen LogP contribution < -0.4 is 16.0 Å². The van der Waals surface area contributed by atoms with E-state index in [2.05, 4.69) is 16.0 Å². The molecule has 0 spiro atoms. The first-order valence-corrected chi connectivity index (χ1v) is 6.30. The summed E-state index contributed by atoms with van der Waals surface area (Å²) >= 11 is 0. The molecule has 0 radical (unpaired) electrons. The smallest absolute Gasteiger partial charge is 0.315 e. The van der Waals surface area contributed by atoms with Gasteiger partial charge in [-0.3, -0.25) is 9.59 Å². The Morgan fingerprint density at radius 2 is 1.63 bits per heavy atom. The lowest BCUT2D eigenvalue weighted by molar-refractivity contribution is -0.141. The minimum Gasteiger partial charge on any atom is -0.481 e. The minimum absolute atomic E-state index is 0.0674. The highest BCUT2D eigenvalue weighted by Crippen LogP contribution is 2.01. The molecule has 0 aromatic heterocycles. The number of nitrogens with one attached hydrogen (secondary N) is 3. The van der Waals surface area contributed by atoms with Gasteiger partial charge in [-0.2, -0.15) is 0 Å². The molecule has 0 saturated carbocycles. The van der Waals surface area contributed by atoms with Gasteiger partial charge in [0, 0.05) is 25.0 Å². The van der Waals surface area contributed by atoms with E-state index >= 15 is 0 Å². The fourth-order valence-corrected chi connectivity index (χ4v) is 1.28. The molecule has 2 atom stereocenters. The molecule has 7 heteroatoms. The third-order valence-corrected chi connectivity index (χ3v) is 2.59. The van der Waals surface area contributed by atoms with E-state index in [1.54, 1.807) is 6.92 Å². The molecular weight excluding hydrogens is 250 g/mol. The minimum atomic E-state index is -0.968. The highest BCUT2D eigenvalue weighted by molar-refractivity contribution is 5.79. The molecule has 110 valence electrons. The monoisotopic (exact) mass is 273 g/mol. The lowest BCUT2D eigenvalue weighted by atomic mass is 10.0. The first-order chi connectivity index (χ1) is 8.73. The van der Waals surface area contributed by atoms with Crippen LogP contribution in [0.2, 0.25) is 0 Å². The lowest BCUT2D eigenvalue weighted by Gasteiger charge is -2.18. The van der Waals surface area contributed by atoms with Gasteiger partial charge >= 0.3 is 12.0 Å². The van der Waals surface area contributed by atoms with E-state index in [9.17, 15) is 14.4 Å². The average Bonchev–Trinajstić information content (AvgIpc) is 2.26. The quantitative estimate of drug-likeness (QED) is 0.535. The number of rotatable bonds is 7. The summed E-state index contributed by atoms with van der Waals surface area (Å²) in [7, 11) is 0. The molecule has 3 amide bonds. The van der Waals surface area contributed by atoms with Crippen molar-refractivity contribution in [2.75, 3.05) is 6.54 Å². The molecule has 0 fully saturated rings.